The van der Waals surface area contributed by atoms with E-state index in [2.05, 4.69) is 15.5 Å². The molecule has 1 aromatic heterocycles. The lowest BCUT2D eigenvalue weighted by atomic mass is 10.1. The maximum atomic E-state index is 11.4. The molecule has 1 heterocycles. The fourth-order valence-corrected chi connectivity index (χ4v) is 0.972. The molecule has 0 aliphatic heterocycles. The first-order valence-corrected chi connectivity index (χ1v) is 4.47. The first-order chi connectivity index (χ1) is 6.63. The van der Waals surface area contributed by atoms with Crippen LogP contribution in [0, 0.1) is 5.92 Å². The van der Waals surface area contributed by atoms with Crippen LogP contribution in [0.1, 0.15) is 13.3 Å². The van der Waals surface area contributed by atoms with Crippen LogP contribution in [0.2, 0.25) is 0 Å². The van der Waals surface area contributed by atoms with Gasteiger partial charge >= 0.3 is 0 Å². The van der Waals surface area contributed by atoms with Gasteiger partial charge in [0.1, 0.15) is 6.33 Å². The van der Waals surface area contributed by atoms with Crippen molar-refractivity contribution in [3.05, 3.63) is 6.33 Å². The van der Waals surface area contributed by atoms with Gasteiger partial charge in [-0.1, -0.05) is 6.92 Å². The van der Waals surface area contributed by atoms with Crippen LogP contribution in [-0.2, 0) is 11.8 Å². The van der Waals surface area contributed by atoms with Crippen LogP contribution in [0.5, 0.6) is 0 Å². The lowest BCUT2D eigenvalue weighted by molar-refractivity contribution is -0.117. The van der Waals surface area contributed by atoms with E-state index in [0.717, 1.165) is 0 Å². The quantitative estimate of drug-likeness (QED) is 0.696. The normalized spacial score (nSPS) is 12.5. The average Bonchev–Trinajstić information content (AvgIpc) is 2.51. The van der Waals surface area contributed by atoms with Gasteiger partial charge in [-0.15, -0.1) is 10.2 Å². The van der Waals surface area contributed by atoms with Gasteiger partial charge in [-0.25, -0.2) is 0 Å². The van der Waals surface area contributed by atoms with Gasteiger partial charge in [0.25, 0.3) is 0 Å². The summed E-state index contributed by atoms with van der Waals surface area (Å²) in [4.78, 5) is 11.4. The molecule has 0 saturated heterocycles. The fourth-order valence-electron chi connectivity index (χ4n) is 0.972. The molecule has 1 amide bonds. The molecule has 6 heteroatoms. The monoisotopic (exact) mass is 197 g/mol. The maximum Gasteiger partial charge on any atom is 0.230 e. The third-order valence-electron chi connectivity index (χ3n) is 1.90. The maximum absolute atomic E-state index is 11.4. The highest BCUT2D eigenvalue weighted by Gasteiger charge is 2.09. The van der Waals surface area contributed by atoms with E-state index in [0.29, 0.717) is 18.9 Å². The van der Waals surface area contributed by atoms with E-state index in [1.165, 1.54) is 6.33 Å². The number of hydrogen-bond acceptors (Lipinski definition) is 4. The van der Waals surface area contributed by atoms with Crippen LogP contribution in [0.25, 0.3) is 0 Å². The number of carbonyl (C=O) groups excluding carboxylic acids is 1. The van der Waals surface area contributed by atoms with E-state index in [4.69, 9.17) is 5.73 Å². The summed E-state index contributed by atoms with van der Waals surface area (Å²) >= 11 is 0. The number of aromatic nitrogens is 3. The Hall–Kier alpha value is -1.43. The molecule has 0 fully saturated rings. The molecule has 0 spiro atoms. The summed E-state index contributed by atoms with van der Waals surface area (Å²) in [5.74, 6) is 0.557. The van der Waals surface area contributed by atoms with Crippen LogP contribution >= 0.6 is 0 Å². The molecule has 1 atom stereocenters. The van der Waals surface area contributed by atoms with Crippen LogP contribution in [-0.4, -0.2) is 27.2 Å². The highest BCUT2D eigenvalue weighted by molar-refractivity contribution is 5.89. The van der Waals surface area contributed by atoms with E-state index >= 15 is 0 Å². The summed E-state index contributed by atoms with van der Waals surface area (Å²) in [5, 5.41) is 10.0. The SMILES string of the molecule is CC(CN)CC(=O)Nc1nncn1C. The molecular formula is C8H15N5O. The molecule has 0 saturated carbocycles. The van der Waals surface area contributed by atoms with Crippen molar-refractivity contribution in [1.82, 2.24) is 14.8 Å². The number of nitrogens with two attached hydrogens (primary N) is 1. The molecule has 0 bridgehead atoms. The second kappa shape index (κ2) is 4.71. The van der Waals surface area contributed by atoms with Gasteiger partial charge in [0.2, 0.25) is 11.9 Å². The van der Waals surface area contributed by atoms with E-state index in [1.54, 1.807) is 11.6 Å². The Morgan fingerprint density at radius 2 is 2.50 bits per heavy atom. The third kappa shape index (κ3) is 2.81. The Morgan fingerprint density at radius 1 is 1.79 bits per heavy atom. The highest BCUT2D eigenvalue weighted by Crippen LogP contribution is 2.03. The fraction of sp³-hybridized carbons (Fsp3) is 0.625. The summed E-state index contributed by atoms with van der Waals surface area (Å²) in [6.45, 7) is 2.43. The zero-order chi connectivity index (χ0) is 10.6. The van der Waals surface area contributed by atoms with E-state index < -0.39 is 0 Å². The minimum Gasteiger partial charge on any atom is -0.330 e. The Bertz CT molecular complexity index is 308. The van der Waals surface area contributed by atoms with Crippen molar-refractivity contribution in [2.45, 2.75) is 13.3 Å². The van der Waals surface area contributed by atoms with Crippen molar-refractivity contribution < 1.29 is 4.79 Å². The zero-order valence-electron chi connectivity index (χ0n) is 8.40. The van der Waals surface area contributed by atoms with Gasteiger partial charge in [0.15, 0.2) is 0 Å². The third-order valence-corrected chi connectivity index (χ3v) is 1.90. The second-order valence-electron chi connectivity index (χ2n) is 3.36. The summed E-state index contributed by atoms with van der Waals surface area (Å²) in [5.41, 5.74) is 5.41. The molecule has 0 aliphatic rings. The average molecular weight is 197 g/mol. The summed E-state index contributed by atoms with van der Waals surface area (Å²) in [7, 11) is 1.77. The van der Waals surface area contributed by atoms with Crippen molar-refractivity contribution >= 4 is 11.9 Å². The van der Waals surface area contributed by atoms with E-state index in [9.17, 15) is 4.79 Å². The first-order valence-electron chi connectivity index (χ1n) is 4.47. The molecule has 1 aromatic rings. The van der Waals surface area contributed by atoms with E-state index in [-0.39, 0.29) is 11.8 Å². The van der Waals surface area contributed by atoms with Crippen LogP contribution in [0.4, 0.5) is 5.95 Å². The number of carbonyl (C=O) groups is 1. The van der Waals surface area contributed by atoms with E-state index in [1.807, 2.05) is 6.92 Å². The van der Waals surface area contributed by atoms with Crippen molar-refractivity contribution in [3.63, 3.8) is 0 Å². The summed E-state index contributed by atoms with van der Waals surface area (Å²) < 4.78 is 1.64. The van der Waals surface area contributed by atoms with Crippen molar-refractivity contribution in [1.29, 1.82) is 0 Å². The van der Waals surface area contributed by atoms with Crippen molar-refractivity contribution in [2.75, 3.05) is 11.9 Å². The lowest BCUT2D eigenvalue weighted by Gasteiger charge is -2.07. The number of amides is 1. The number of aryl methyl sites for hydroxylation is 1. The summed E-state index contributed by atoms with van der Waals surface area (Å²) in [6, 6.07) is 0. The van der Waals surface area contributed by atoms with Gasteiger partial charge in [0.05, 0.1) is 0 Å². The number of nitrogens with one attached hydrogen (secondary N) is 1. The topological polar surface area (TPSA) is 85.8 Å². The molecular weight excluding hydrogens is 182 g/mol. The molecule has 6 nitrogen and oxygen atoms in total. The van der Waals surface area contributed by atoms with Gasteiger partial charge in [-0.05, 0) is 12.5 Å². The molecule has 1 unspecified atom stereocenters. The van der Waals surface area contributed by atoms with Gasteiger partial charge in [-0.2, -0.15) is 0 Å². The Labute approximate surface area is 82.5 Å². The summed E-state index contributed by atoms with van der Waals surface area (Å²) in [6.07, 6.45) is 1.94. The molecule has 14 heavy (non-hydrogen) atoms. The molecule has 78 valence electrons. The van der Waals surface area contributed by atoms with Crippen molar-refractivity contribution in [2.24, 2.45) is 18.7 Å². The smallest absolute Gasteiger partial charge is 0.230 e. The highest BCUT2D eigenvalue weighted by atomic mass is 16.1. The molecule has 1 rings (SSSR count). The Balaban J connectivity index is 2.45. The van der Waals surface area contributed by atoms with Crippen molar-refractivity contribution in [3.8, 4) is 0 Å². The lowest BCUT2D eigenvalue weighted by Crippen LogP contribution is -2.21. The van der Waals surface area contributed by atoms with Gasteiger partial charge in [0, 0.05) is 13.5 Å². The predicted octanol–water partition coefficient (Wildman–Crippen LogP) is -0.262. The number of anilines is 1. The Morgan fingerprint density at radius 3 is 3.00 bits per heavy atom. The molecule has 3 N–H and O–H groups in total. The molecule has 0 radical (unpaired) electrons. The zero-order valence-corrected chi connectivity index (χ0v) is 8.40. The van der Waals surface area contributed by atoms with Crippen LogP contribution < -0.4 is 11.1 Å². The minimum absolute atomic E-state index is 0.0842. The first kappa shape index (κ1) is 10.6. The predicted molar refractivity (Wildman–Crippen MR) is 52.5 cm³/mol. The second-order valence-corrected chi connectivity index (χ2v) is 3.36. The molecule has 0 aliphatic carbocycles. The van der Waals surface area contributed by atoms with Crippen LogP contribution in [0.3, 0.4) is 0 Å². The standard InChI is InChI=1S/C8H15N5O/c1-6(4-9)3-7(14)11-8-12-10-5-13(8)2/h5-6H,3-4,9H2,1-2H3,(H,11,12,14). The van der Waals surface area contributed by atoms with Gasteiger partial charge in [-0.3, -0.25) is 10.1 Å². The van der Waals surface area contributed by atoms with Crippen LogP contribution in [0.15, 0.2) is 6.33 Å². The number of nitrogens with zero attached hydrogens (tertiary/aromatic N) is 3. The largest absolute Gasteiger partial charge is 0.330 e. The minimum atomic E-state index is -0.0842. The number of hydrogen-bond donors (Lipinski definition) is 2. The van der Waals surface area contributed by atoms with Gasteiger partial charge < -0.3 is 10.3 Å². The Kier molecular flexibility index (Phi) is 3.58. The number of rotatable bonds is 4. The molecule has 0 aromatic carbocycles.